The molecule has 1 heterocycles. The van der Waals surface area contributed by atoms with Crippen LogP contribution in [0.1, 0.15) is 6.42 Å². The van der Waals surface area contributed by atoms with Gasteiger partial charge in [0.1, 0.15) is 10.0 Å². The topological polar surface area (TPSA) is 75.3 Å². The lowest BCUT2D eigenvalue weighted by molar-refractivity contribution is -0.116. The van der Waals surface area contributed by atoms with E-state index in [0.29, 0.717) is 5.69 Å². The zero-order valence-electron chi connectivity index (χ0n) is 10.9. The van der Waals surface area contributed by atoms with Crippen LogP contribution in [0.15, 0.2) is 46.0 Å². The second-order valence-corrected chi connectivity index (χ2v) is 7.08. The summed E-state index contributed by atoms with van der Waals surface area (Å²) in [6.45, 7) is -0.0264. The Morgan fingerprint density at radius 3 is 2.71 bits per heavy atom. The molecule has 112 valence electrons. The summed E-state index contributed by atoms with van der Waals surface area (Å²) in [6, 6.07) is 8.61. The van der Waals surface area contributed by atoms with E-state index >= 15 is 0 Å². The summed E-state index contributed by atoms with van der Waals surface area (Å²) in [5.74, 6) is -0.847. The highest BCUT2D eigenvalue weighted by atomic mass is 32.2. The van der Waals surface area contributed by atoms with Crippen LogP contribution in [0.4, 0.5) is 10.1 Å². The van der Waals surface area contributed by atoms with Crippen molar-refractivity contribution in [1.29, 1.82) is 0 Å². The Hall–Kier alpha value is -1.77. The highest BCUT2D eigenvalue weighted by Crippen LogP contribution is 2.15. The van der Waals surface area contributed by atoms with E-state index < -0.39 is 21.7 Å². The van der Waals surface area contributed by atoms with Crippen molar-refractivity contribution in [2.75, 3.05) is 11.9 Å². The first-order valence-corrected chi connectivity index (χ1v) is 8.42. The third-order valence-corrected chi connectivity index (χ3v) is 5.37. The van der Waals surface area contributed by atoms with Gasteiger partial charge in [-0.3, -0.25) is 4.79 Å². The van der Waals surface area contributed by atoms with Crippen molar-refractivity contribution in [3.63, 3.8) is 0 Å². The van der Waals surface area contributed by atoms with E-state index in [0.717, 1.165) is 11.3 Å². The van der Waals surface area contributed by atoms with E-state index in [4.69, 9.17) is 0 Å². The number of thiophene rings is 1. The molecule has 0 saturated heterocycles. The van der Waals surface area contributed by atoms with Gasteiger partial charge in [0, 0.05) is 18.7 Å². The molecule has 1 aromatic heterocycles. The van der Waals surface area contributed by atoms with Gasteiger partial charge >= 0.3 is 0 Å². The van der Waals surface area contributed by atoms with Crippen molar-refractivity contribution in [2.45, 2.75) is 10.6 Å². The van der Waals surface area contributed by atoms with Gasteiger partial charge in [-0.15, -0.1) is 11.3 Å². The predicted molar refractivity (Wildman–Crippen MR) is 79.2 cm³/mol. The predicted octanol–water partition coefficient (Wildman–Crippen LogP) is 2.19. The van der Waals surface area contributed by atoms with Gasteiger partial charge in [0.05, 0.1) is 0 Å². The molecule has 21 heavy (non-hydrogen) atoms. The third kappa shape index (κ3) is 4.62. The number of hydrogen-bond donors (Lipinski definition) is 2. The summed E-state index contributed by atoms with van der Waals surface area (Å²) < 4.78 is 39.1. The van der Waals surface area contributed by atoms with Crippen LogP contribution in [0.25, 0.3) is 0 Å². The summed E-state index contributed by atoms with van der Waals surface area (Å²) in [7, 11) is -3.56. The van der Waals surface area contributed by atoms with Crippen LogP contribution < -0.4 is 10.0 Å². The molecule has 0 radical (unpaired) electrons. The molecule has 0 bridgehead atoms. The maximum Gasteiger partial charge on any atom is 0.250 e. The summed E-state index contributed by atoms with van der Waals surface area (Å²) in [6.07, 6.45) is -0.0406. The van der Waals surface area contributed by atoms with Gasteiger partial charge in [-0.25, -0.2) is 17.5 Å². The van der Waals surface area contributed by atoms with Crippen LogP contribution in [0, 0.1) is 5.82 Å². The number of benzene rings is 1. The highest BCUT2D eigenvalue weighted by Gasteiger charge is 2.14. The van der Waals surface area contributed by atoms with Gasteiger partial charge in [0.25, 0.3) is 0 Å². The van der Waals surface area contributed by atoms with Gasteiger partial charge in [0.2, 0.25) is 15.9 Å². The average molecular weight is 328 g/mol. The number of hydrogen-bond acceptors (Lipinski definition) is 4. The number of sulfonamides is 1. The first-order chi connectivity index (χ1) is 9.97. The quantitative estimate of drug-likeness (QED) is 0.853. The fourth-order valence-electron chi connectivity index (χ4n) is 1.58. The molecule has 1 amide bonds. The van der Waals surface area contributed by atoms with Gasteiger partial charge in [-0.05, 0) is 29.6 Å². The molecular formula is C13H13FN2O3S2. The van der Waals surface area contributed by atoms with Crippen LogP contribution >= 0.6 is 11.3 Å². The Morgan fingerprint density at radius 2 is 2.05 bits per heavy atom. The van der Waals surface area contributed by atoms with Gasteiger partial charge < -0.3 is 5.32 Å². The van der Waals surface area contributed by atoms with Crippen molar-refractivity contribution >= 4 is 33.0 Å². The lowest BCUT2D eigenvalue weighted by Gasteiger charge is -2.06. The minimum absolute atomic E-state index is 0.0264. The zero-order chi connectivity index (χ0) is 15.3. The number of anilines is 1. The minimum Gasteiger partial charge on any atom is -0.326 e. The summed E-state index contributed by atoms with van der Waals surface area (Å²) >= 11 is 1.10. The summed E-state index contributed by atoms with van der Waals surface area (Å²) in [5, 5.41) is 4.15. The normalized spacial score (nSPS) is 11.3. The third-order valence-electron chi connectivity index (χ3n) is 2.51. The van der Waals surface area contributed by atoms with E-state index in [2.05, 4.69) is 10.0 Å². The van der Waals surface area contributed by atoms with Crippen molar-refractivity contribution in [3.8, 4) is 0 Å². The van der Waals surface area contributed by atoms with Crippen LogP contribution in [0.3, 0.4) is 0 Å². The molecule has 8 heteroatoms. The zero-order valence-corrected chi connectivity index (χ0v) is 12.5. The van der Waals surface area contributed by atoms with E-state index in [1.807, 2.05) is 0 Å². The molecule has 0 spiro atoms. The maximum absolute atomic E-state index is 12.9. The van der Waals surface area contributed by atoms with Crippen molar-refractivity contribution in [3.05, 3.63) is 47.6 Å². The molecule has 0 unspecified atom stereocenters. The second-order valence-electron chi connectivity index (χ2n) is 4.14. The lowest BCUT2D eigenvalue weighted by Crippen LogP contribution is -2.27. The standard InChI is InChI=1S/C13H13FN2O3S2/c14-10-3-1-4-11(9-10)16-12(17)6-7-15-21(18,19)13-5-2-8-20-13/h1-5,8-9,15H,6-7H2,(H,16,17). The molecule has 1 aromatic carbocycles. The fraction of sp³-hybridized carbons (Fsp3) is 0.154. The molecule has 2 rings (SSSR count). The van der Waals surface area contributed by atoms with Crippen LogP contribution in [0.5, 0.6) is 0 Å². The summed E-state index contributed by atoms with van der Waals surface area (Å²) in [4.78, 5) is 11.6. The SMILES string of the molecule is O=C(CCNS(=O)(=O)c1cccs1)Nc1cccc(F)c1. The lowest BCUT2D eigenvalue weighted by atomic mass is 10.3. The molecule has 2 N–H and O–H groups in total. The molecule has 5 nitrogen and oxygen atoms in total. The molecule has 2 aromatic rings. The average Bonchev–Trinajstić information content (AvgIpc) is 2.93. The number of halogens is 1. The molecule has 0 aliphatic heterocycles. The monoisotopic (exact) mass is 328 g/mol. The van der Waals surface area contributed by atoms with Crippen LogP contribution in [0.2, 0.25) is 0 Å². The van der Waals surface area contributed by atoms with Gasteiger partial charge in [-0.2, -0.15) is 0 Å². The first kappa shape index (κ1) is 15.6. The number of carbonyl (C=O) groups is 1. The van der Waals surface area contributed by atoms with E-state index in [9.17, 15) is 17.6 Å². The fourth-order valence-corrected chi connectivity index (χ4v) is 3.65. The Labute approximate surface area is 125 Å². The number of amides is 1. The highest BCUT2D eigenvalue weighted by molar-refractivity contribution is 7.91. The van der Waals surface area contributed by atoms with Gasteiger partial charge in [0.15, 0.2) is 0 Å². The Bertz CT molecular complexity index is 715. The van der Waals surface area contributed by atoms with Gasteiger partial charge in [-0.1, -0.05) is 12.1 Å². The Balaban J connectivity index is 1.82. The van der Waals surface area contributed by atoms with Crippen molar-refractivity contribution in [2.24, 2.45) is 0 Å². The van der Waals surface area contributed by atoms with Crippen molar-refractivity contribution < 1.29 is 17.6 Å². The Kier molecular flexibility index (Phi) is 5.05. The first-order valence-electron chi connectivity index (χ1n) is 6.06. The molecule has 0 fully saturated rings. The number of rotatable bonds is 6. The van der Waals surface area contributed by atoms with E-state index in [1.165, 1.54) is 24.3 Å². The number of carbonyl (C=O) groups excluding carboxylic acids is 1. The van der Waals surface area contributed by atoms with Crippen molar-refractivity contribution in [1.82, 2.24) is 4.72 Å². The number of nitrogens with one attached hydrogen (secondary N) is 2. The molecule has 0 atom stereocenters. The van der Waals surface area contributed by atoms with E-state index in [-0.39, 0.29) is 17.2 Å². The second kappa shape index (κ2) is 6.79. The molecule has 0 saturated carbocycles. The molecule has 0 aliphatic rings. The molecule has 0 aliphatic carbocycles. The van der Waals surface area contributed by atoms with Crippen LogP contribution in [-0.4, -0.2) is 20.9 Å². The Morgan fingerprint density at radius 1 is 1.24 bits per heavy atom. The largest absolute Gasteiger partial charge is 0.326 e. The molecular weight excluding hydrogens is 315 g/mol. The smallest absolute Gasteiger partial charge is 0.250 e. The van der Waals surface area contributed by atoms with Crippen LogP contribution in [-0.2, 0) is 14.8 Å². The van der Waals surface area contributed by atoms with E-state index in [1.54, 1.807) is 17.5 Å². The maximum atomic E-state index is 12.9. The summed E-state index contributed by atoms with van der Waals surface area (Å²) in [5.41, 5.74) is 0.334. The minimum atomic E-state index is -3.56.